The van der Waals surface area contributed by atoms with Crippen LogP contribution in [0.2, 0.25) is 0 Å². The molecule has 2 nitrogen and oxygen atoms in total. The van der Waals surface area contributed by atoms with Crippen molar-refractivity contribution in [2.75, 3.05) is 6.54 Å². The first-order valence-electron chi connectivity index (χ1n) is 6.15. The van der Waals surface area contributed by atoms with Crippen LogP contribution < -0.4 is 5.32 Å². The minimum absolute atomic E-state index is 0.0324. The predicted molar refractivity (Wildman–Crippen MR) is 72.2 cm³/mol. The van der Waals surface area contributed by atoms with E-state index in [1.54, 1.807) is 0 Å². The standard InChI is InChI=1S/C15H21NO/c1-4-5-6-13-7-9-14(10-8-13)15(17)16-11-12(2)3/h7-10H,2,4-6,11H2,1,3H3,(H,16,17). The molecule has 92 valence electrons. The Morgan fingerprint density at radius 3 is 2.47 bits per heavy atom. The van der Waals surface area contributed by atoms with Gasteiger partial charge in [-0.25, -0.2) is 0 Å². The van der Waals surface area contributed by atoms with Crippen LogP contribution in [0.4, 0.5) is 0 Å². The van der Waals surface area contributed by atoms with Gasteiger partial charge < -0.3 is 5.32 Å². The highest BCUT2D eigenvalue weighted by Gasteiger charge is 2.04. The number of carbonyl (C=O) groups excluding carboxylic acids is 1. The Morgan fingerprint density at radius 1 is 1.29 bits per heavy atom. The average Bonchev–Trinajstić information content (AvgIpc) is 2.34. The number of rotatable bonds is 6. The second-order valence-electron chi connectivity index (χ2n) is 4.44. The Balaban J connectivity index is 2.54. The molecule has 1 aromatic rings. The molecule has 17 heavy (non-hydrogen) atoms. The van der Waals surface area contributed by atoms with Crippen molar-refractivity contribution in [1.82, 2.24) is 5.32 Å². The van der Waals surface area contributed by atoms with E-state index in [-0.39, 0.29) is 5.91 Å². The van der Waals surface area contributed by atoms with E-state index in [0.717, 1.165) is 12.0 Å². The van der Waals surface area contributed by atoms with Gasteiger partial charge in [0.25, 0.3) is 5.91 Å². The van der Waals surface area contributed by atoms with Crippen LogP contribution in [-0.2, 0) is 6.42 Å². The molecule has 0 unspecified atom stereocenters. The molecule has 0 aliphatic rings. The van der Waals surface area contributed by atoms with Crippen molar-refractivity contribution in [3.8, 4) is 0 Å². The first-order chi connectivity index (χ1) is 8.13. The zero-order valence-electron chi connectivity index (χ0n) is 10.8. The number of nitrogens with one attached hydrogen (secondary N) is 1. The van der Waals surface area contributed by atoms with Gasteiger partial charge in [-0.05, 0) is 37.5 Å². The van der Waals surface area contributed by atoms with Crippen molar-refractivity contribution in [3.05, 3.63) is 47.5 Å². The first-order valence-corrected chi connectivity index (χ1v) is 6.15. The SMILES string of the molecule is C=C(C)CNC(=O)c1ccc(CCCC)cc1. The number of aryl methyl sites for hydroxylation is 1. The second-order valence-corrected chi connectivity index (χ2v) is 4.44. The van der Waals surface area contributed by atoms with Crippen molar-refractivity contribution < 1.29 is 4.79 Å². The molecule has 0 bridgehead atoms. The van der Waals surface area contributed by atoms with Gasteiger partial charge in [-0.2, -0.15) is 0 Å². The number of benzene rings is 1. The predicted octanol–water partition coefficient (Wildman–Crippen LogP) is 3.34. The quantitative estimate of drug-likeness (QED) is 0.747. The molecule has 1 rings (SSSR count). The minimum atomic E-state index is -0.0324. The summed E-state index contributed by atoms with van der Waals surface area (Å²) in [6, 6.07) is 7.84. The van der Waals surface area contributed by atoms with Gasteiger partial charge in [0.1, 0.15) is 0 Å². The second kappa shape index (κ2) is 6.89. The maximum atomic E-state index is 11.7. The molecule has 0 saturated carbocycles. The fourth-order valence-corrected chi connectivity index (χ4v) is 1.54. The summed E-state index contributed by atoms with van der Waals surface area (Å²) in [5.74, 6) is -0.0324. The summed E-state index contributed by atoms with van der Waals surface area (Å²) in [7, 11) is 0. The molecule has 0 aliphatic carbocycles. The van der Waals surface area contributed by atoms with Gasteiger partial charge >= 0.3 is 0 Å². The van der Waals surface area contributed by atoms with E-state index in [9.17, 15) is 4.79 Å². The lowest BCUT2D eigenvalue weighted by atomic mass is 10.1. The zero-order valence-corrected chi connectivity index (χ0v) is 10.8. The number of hydrogen-bond acceptors (Lipinski definition) is 1. The number of unbranched alkanes of at least 4 members (excludes halogenated alkanes) is 1. The monoisotopic (exact) mass is 231 g/mol. The van der Waals surface area contributed by atoms with Crippen LogP contribution in [0.5, 0.6) is 0 Å². The molecule has 0 aliphatic heterocycles. The third-order valence-corrected chi connectivity index (χ3v) is 2.59. The van der Waals surface area contributed by atoms with E-state index >= 15 is 0 Å². The minimum Gasteiger partial charge on any atom is -0.348 e. The van der Waals surface area contributed by atoms with Gasteiger partial charge in [0.15, 0.2) is 0 Å². The lowest BCUT2D eigenvalue weighted by Crippen LogP contribution is -2.24. The van der Waals surface area contributed by atoms with E-state index in [4.69, 9.17) is 0 Å². The van der Waals surface area contributed by atoms with Crippen LogP contribution in [-0.4, -0.2) is 12.5 Å². The lowest BCUT2D eigenvalue weighted by Gasteiger charge is -2.05. The van der Waals surface area contributed by atoms with Crippen molar-refractivity contribution >= 4 is 5.91 Å². The lowest BCUT2D eigenvalue weighted by molar-refractivity contribution is 0.0957. The van der Waals surface area contributed by atoms with E-state index in [2.05, 4.69) is 18.8 Å². The van der Waals surface area contributed by atoms with E-state index in [1.807, 2.05) is 31.2 Å². The van der Waals surface area contributed by atoms with Crippen LogP contribution in [0.25, 0.3) is 0 Å². The molecule has 0 heterocycles. The summed E-state index contributed by atoms with van der Waals surface area (Å²) >= 11 is 0. The van der Waals surface area contributed by atoms with Crippen molar-refractivity contribution in [1.29, 1.82) is 0 Å². The molecular weight excluding hydrogens is 210 g/mol. The van der Waals surface area contributed by atoms with Gasteiger partial charge in [0.05, 0.1) is 0 Å². The summed E-state index contributed by atoms with van der Waals surface area (Å²) < 4.78 is 0. The molecule has 0 spiro atoms. The van der Waals surface area contributed by atoms with Crippen LogP contribution in [0.15, 0.2) is 36.4 Å². The zero-order chi connectivity index (χ0) is 12.7. The Hall–Kier alpha value is -1.57. The molecule has 2 heteroatoms. The Labute approximate surface area is 104 Å². The van der Waals surface area contributed by atoms with Gasteiger partial charge in [0.2, 0.25) is 0 Å². The molecule has 0 saturated heterocycles. The van der Waals surface area contributed by atoms with E-state index < -0.39 is 0 Å². The normalized spacial score (nSPS) is 10.0. The third kappa shape index (κ3) is 4.85. The molecule has 0 fully saturated rings. The summed E-state index contributed by atoms with van der Waals surface area (Å²) in [5, 5.41) is 2.82. The summed E-state index contributed by atoms with van der Waals surface area (Å²) in [5.41, 5.74) is 2.97. The van der Waals surface area contributed by atoms with Crippen LogP contribution in [0.3, 0.4) is 0 Å². The molecule has 1 aromatic carbocycles. The fraction of sp³-hybridized carbons (Fsp3) is 0.400. The van der Waals surface area contributed by atoms with Crippen LogP contribution in [0, 0.1) is 0 Å². The van der Waals surface area contributed by atoms with Gasteiger partial charge in [-0.15, -0.1) is 0 Å². The van der Waals surface area contributed by atoms with Gasteiger partial charge in [-0.3, -0.25) is 4.79 Å². The Bertz CT molecular complexity index is 378. The summed E-state index contributed by atoms with van der Waals surface area (Å²) in [6.45, 7) is 8.37. The highest BCUT2D eigenvalue weighted by molar-refractivity contribution is 5.94. The summed E-state index contributed by atoms with van der Waals surface area (Å²) in [6.07, 6.45) is 3.48. The van der Waals surface area contributed by atoms with Gasteiger partial charge in [0, 0.05) is 12.1 Å². The molecule has 1 N–H and O–H groups in total. The van der Waals surface area contributed by atoms with E-state index in [1.165, 1.54) is 18.4 Å². The molecule has 0 atom stereocenters. The largest absolute Gasteiger partial charge is 0.348 e. The van der Waals surface area contributed by atoms with E-state index in [0.29, 0.717) is 12.1 Å². The molecule has 0 radical (unpaired) electrons. The first kappa shape index (κ1) is 13.5. The summed E-state index contributed by atoms with van der Waals surface area (Å²) in [4.78, 5) is 11.7. The topological polar surface area (TPSA) is 29.1 Å². The van der Waals surface area contributed by atoms with Crippen LogP contribution in [0.1, 0.15) is 42.6 Å². The van der Waals surface area contributed by atoms with Crippen LogP contribution >= 0.6 is 0 Å². The number of carbonyl (C=O) groups is 1. The molecule has 0 aromatic heterocycles. The average molecular weight is 231 g/mol. The third-order valence-electron chi connectivity index (χ3n) is 2.59. The number of amides is 1. The fourth-order valence-electron chi connectivity index (χ4n) is 1.54. The highest BCUT2D eigenvalue weighted by atomic mass is 16.1. The highest BCUT2D eigenvalue weighted by Crippen LogP contribution is 2.08. The Morgan fingerprint density at radius 2 is 1.94 bits per heavy atom. The maximum Gasteiger partial charge on any atom is 0.251 e. The maximum absolute atomic E-state index is 11.7. The van der Waals surface area contributed by atoms with Crippen molar-refractivity contribution in [2.24, 2.45) is 0 Å². The molecular formula is C15H21NO. The number of hydrogen-bond donors (Lipinski definition) is 1. The Kier molecular flexibility index (Phi) is 5.47. The van der Waals surface area contributed by atoms with Crippen molar-refractivity contribution in [3.63, 3.8) is 0 Å². The van der Waals surface area contributed by atoms with Gasteiger partial charge in [-0.1, -0.05) is 37.6 Å². The smallest absolute Gasteiger partial charge is 0.251 e. The van der Waals surface area contributed by atoms with Crippen molar-refractivity contribution in [2.45, 2.75) is 33.1 Å². The molecule has 1 amide bonds.